The molecule has 4 rings (SSSR count). The van der Waals surface area contributed by atoms with E-state index in [1.807, 2.05) is 18.2 Å². The van der Waals surface area contributed by atoms with Crippen molar-refractivity contribution in [2.45, 2.75) is 13.1 Å². The van der Waals surface area contributed by atoms with Crippen molar-refractivity contribution in [2.75, 3.05) is 40.3 Å². The lowest BCUT2D eigenvalue weighted by atomic mass is 10.1. The van der Waals surface area contributed by atoms with Gasteiger partial charge in [-0.05, 0) is 29.3 Å². The molecule has 8 nitrogen and oxygen atoms in total. The molecule has 0 atom stereocenters. The minimum Gasteiger partial charge on any atom is -0.494 e. The number of rotatable bonds is 6. The number of hydrogen-bond donors (Lipinski definition) is 2. The summed E-state index contributed by atoms with van der Waals surface area (Å²) in [7, 11) is 3.28. The minimum absolute atomic E-state index is 0. The van der Waals surface area contributed by atoms with E-state index in [9.17, 15) is 4.39 Å². The summed E-state index contributed by atoms with van der Waals surface area (Å²) in [5, 5.41) is 10.3. The third kappa shape index (κ3) is 6.41. The molecular formula is C23H29FIN7O. The van der Waals surface area contributed by atoms with Crippen molar-refractivity contribution >= 4 is 29.9 Å². The van der Waals surface area contributed by atoms with E-state index in [0.29, 0.717) is 6.54 Å². The number of aromatic nitrogens is 3. The van der Waals surface area contributed by atoms with Crippen molar-refractivity contribution < 1.29 is 9.13 Å². The van der Waals surface area contributed by atoms with Gasteiger partial charge in [-0.3, -0.25) is 15.0 Å². The Morgan fingerprint density at radius 1 is 1.15 bits per heavy atom. The smallest absolute Gasteiger partial charge is 0.194 e. The number of halogens is 2. The Balaban J connectivity index is 0.00000306. The molecule has 2 heterocycles. The number of nitrogens with zero attached hydrogens (tertiary/aromatic N) is 5. The molecule has 0 bridgehead atoms. The fourth-order valence-electron chi connectivity index (χ4n) is 3.87. The molecule has 0 amide bonds. The van der Waals surface area contributed by atoms with E-state index < -0.39 is 0 Å². The molecule has 2 N–H and O–H groups in total. The number of benzene rings is 2. The summed E-state index contributed by atoms with van der Waals surface area (Å²) in [5.41, 5.74) is 3.09. The Bertz CT molecular complexity index is 1050. The maximum Gasteiger partial charge on any atom is 0.194 e. The molecule has 1 aliphatic heterocycles. The predicted octanol–water partition coefficient (Wildman–Crippen LogP) is 3.13. The highest BCUT2D eigenvalue weighted by Crippen LogP contribution is 2.19. The summed E-state index contributed by atoms with van der Waals surface area (Å²) in [6, 6.07) is 13.3. The van der Waals surface area contributed by atoms with Gasteiger partial charge < -0.3 is 15.0 Å². The molecule has 0 unspecified atom stereocenters. The lowest BCUT2D eigenvalue weighted by Crippen LogP contribution is -2.52. The first-order chi connectivity index (χ1) is 15.7. The molecule has 33 heavy (non-hydrogen) atoms. The SMILES string of the molecule is CN=C(NCc1cccc(-c2ncn[nH]2)c1)N1CCN(Cc2ccc(OC)c(F)c2)CC1.I. The van der Waals surface area contributed by atoms with E-state index in [-0.39, 0.29) is 35.5 Å². The third-order valence-electron chi connectivity index (χ3n) is 5.57. The summed E-state index contributed by atoms with van der Waals surface area (Å²) in [4.78, 5) is 13.3. The van der Waals surface area contributed by atoms with Crippen LogP contribution in [0.4, 0.5) is 4.39 Å². The van der Waals surface area contributed by atoms with Crippen molar-refractivity contribution in [3.63, 3.8) is 0 Å². The Morgan fingerprint density at radius 3 is 2.64 bits per heavy atom. The Morgan fingerprint density at radius 2 is 1.97 bits per heavy atom. The van der Waals surface area contributed by atoms with Crippen LogP contribution in [-0.4, -0.2) is 71.3 Å². The lowest BCUT2D eigenvalue weighted by molar-refractivity contribution is 0.172. The van der Waals surface area contributed by atoms with Gasteiger partial charge in [-0.1, -0.05) is 24.3 Å². The average Bonchev–Trinajstić information content (AvgIpc) is 3.36. The molecule has 1 aromatic heterocycles. The zero-order valence-electron chi connectivity index (χ0n) is 18.8. The number of aliphatic imine (C=N–C) groups is 1. The Kier molecular flexibility index (Phi) is 9.01. The molecule has 176 valence electrons. The molecule has 1 saturated heterocycles. The first kappa shape index (κ1) is 24.9. The maximum atomic E-state index is 14.0. The van der Waals surface area contributed by atoms with Crippen LogP contribution in [0.1, 0.15) is 11.1 Å². The van der Waals surface area contributed by atoms with Crippen LogP contribution in [0.25, 0.3) is 11.4 Å². The molecule has 0 spiro atoms. The number of hydrogen-bond acceptors (Lipinski definition) is 5. The highest BCUT2D eigenvalue weighted by molar-refractivity contribution is 14.0. The van der Waals surface area contributed by atoms with Gasteiger partial charge in [0.15, 0.2) is 23.4 Å². The predicted molar refractivity (Wildman–Crippen MR) is 137 cm³/mol. The van der Waals surface area contributed by atoms with Crippen LogP contribution in [-0.2, 0) is 13.1 Å². The molecule has 3 aromatic rings. The van der Waals surface area contributed by atoms with Gasteiger partial charge in [-0.2, -0.15) is 5.10 Å². The van der Waals surface area contributed by atoms with Crippen molar-refractivity contribution in [3.8, 4) is 17.1 Å². The summed E-state index contributed by atoms with van der Waals surface area (Å²) in [5.74, 6) is 1.59. The van der Waals surface area contributed by atoms with Gasteiger partial charge >= 0.3 is 0 Å². The van der Waals surface area contributed by atoms with Gasteiger partial charge in [-0.25, -0.2) is 9.37 Å². The van der Waals surface area contributed by atoms with E-state index in [4.69, 9.17) is 4.74 Å². The van der Waals surface area contributed by atoms with Crippen LogP contribution in [0.3, 0.4) is 0 Å². The van der Waals surface area contributed by atoms with E-state index >= 15 is 0 Å². The second kappa shape index (κ2) is 11.9. The number of nitrogens with one attached hydrogen (secondary N) is 2. The monoisotopic (exact) mass is 565 g/mol. The van der Waals surface area contributed by atoms with Crippen LogP contribution in [0.15, 0.2) is 53.8 Å². The minimum atomic E-state index is -0.319. The van der Waals surface area contributed by atoms with Gasteiger partial charge in [0.05, 0.1) is 7.11 Å². The van der Waals surface area contributed by atoms with Gasteiger partial charge in [0.25, 0.3) is 0 Å². The molecule has 0 aliphatic carbocycles. The Labute approximate surface area is 210 Å². The van der Waals surface area contributed by atoms with Crippen LogP contribution >= 0.6 is 24.0 Å². The highest BCUT2D eigenvalue weighted by Gasteiger charge is 2.20. The first-order valence-electron chi connectivity index (χ1n) is 10.6. The highest BCUT2D eigenvalue weighted by atomic mass is 127. The first-order valence-corrected chi connectivity index (χ1v) is 10.6. The summed E-state index contributed by atoms with van der Waals surface area (Å²) in [6.07, 6.45) is 1.51. The van der Waals surface area contributed by atoms with Gasteiger partial charge in [0, 0.05) is 51.9 Å². The van der Waals surface area contributed by atoms with E-state index in [1.165, 1.54) is 13.4 Å². The van der Waals surface area contributed by atoms with Crippen molar-refractivity contribution in [1.82, 2.24) is 30.3 Å². The quantitative estimate of drug-likeness (QED) is 0.272. The van der Waals surface area contributed by atoms with Crippen LogP contribution < -0.4 is 10.1 Å². The number of guanidine groups is 1. The largest absolute Gasteiger partial charge is 0.494 e. The summed E-state index contributed by atoms with van der Waals surface area (Å²) < 4.78 is 19.0. The molecule has 0 radical (unpaired) electrons. The lowest BCUT2D eigenvalue weighted by Gasteiger charge is -2.36. The van der Waals surface area contributed by atoms with Gasteiger partial charge in [0.1, 0.15) is 6.33 Å². The molecule has 1 fully saturated rings. The molecule has 10 heteroatoms. The molecular weight excluding hydrogens is 536 g/mol. The van der Waals surface area contributed by atoms with Crippen LogP contribution in [0, 0.1) is 5.82 Å². The fraction of sp³-hybridized carbons (Fsp3) is 0.348. The topological polar surface area (TPSA) is 81.7 Å². The summed E-state index contributed by atoms with van der Waals surface area (Å²) >= 11 is 0. The van der Waals surface area contributed by atoms with Crippen molar-refractivity contribution in [2.24, 2.45) is 4.99 Å². The van der Waals surface area contributed by atoms with Crippen molar-refractivity contribution in [3.05, 3.63) is 65.7 Å². The number of methoxy groups -OCH3 is 1. The zero-order chi connectivity index (χ0) is 22.3. The standard InChI is InChI=1S/C23H28FN7O.HI/c1-25-23(26-14-17-4-3-5-19(12-17)22-27-16-28-29-22)31-10-8-30(9-11-31)15-18-6-7-21(32-2)20(24)13-18;/h3-7,12-13,16H,8-11,14-15H2,1-2H3,(H,25,26)(H,27,28,29);1H. The number of H-pyrrole nitrogens is 1. The fourth-order valence-corrected chi connectivity index (χ4v) is 3.87. The van der Waals surface area contributed by atoms with Crippen LogP contribution in [0.2, 0.25) is 0 Å². The van der Waals surface area contributed by atoms with E-state index in [1.54, 1.807) is 19.2 Å². The van der Waals surface area contributed by atoms with Gasteiger partial charge in [0.2, 0.25) is 0 Å². The van der Waals surface area contributed by atoms with Crippen molar-refractivity contribution in [1.29, 1.82) is 0 Å². The second-order valence-electron chi connectivity index (χ2n) is 7.67. The normalized spacial score (nSPS) is 14.6. The average molecular weight is 565 g/mol. The second-order valence-corrected chi connectivity index (χ2v) is 7.67. The number of ether oxygens (including phenoxy) is 1. The Hall–Kier alpha value is -2.73. The maximum absolute atomic E-state index is 14.0. The van der Waals surface area contributed by atoms with Crippen LogP contribution in [0.5, 0.6) is 5.75 Å². The zero-order valence-corrected chi connectivity index (χ0v) is 21.1. The number of aromatic amines is 1. The van der Waals surface area contributed by atoms with Gasteiger partial charge in [-0.15, -0.1) is 24.0 Å². The van der Waals surface area contributed by atoms with E-state index in [0.717, 1.165) is 61.2 Å². The number of piperazine rings is 1. The van der Waals surface area contributed by atoms with E-state index in [2.05, 4.69) is 47.4 Å². The molecule has 2 aromatic carbocycles. The third-order valence-corrected chi connectivity index (χ3v) is 5.57. The summed E-state index contributed by atoms with van der Waals surface area (Å²) in [6.45, 7) is 4.87. The molecule has 1 aliphatic rings. The molecule has 0 saturated carbocycles.